The van der Waals surface area contributed by atoms with Gasteiger partial charge in [0, 0.05) is 18.3 Å². The van der Waals surface area contributed by atoms with Crippen LogP contribution in [-0.2, 0) is 12.8 Å². The van der Waals surface area contributed by atoms with Crippen LogP contribution in [0.25, 0.3) is 0 Å². The standard InChI is InChI=1S/C14H23NO/c1-5-11-6-7-12(15-10-11)8-13(16)9-14(2,3)4/h6-7,10,13,16H,5,8-9H2,1-4H3. The zero-order valence-corrected chi connectivity index (χ0v) is 10.8. The predicted octanol–water partition coefficient (Wildman–Crippen LogP) is 2.98. The van der Waals surface area contributed by atoms with Gasteiger partial charge in [-0.05, 0) is 29.9 Å². The van der Waals surface area contributed by atoms with Crippen molar-refractivity contribution in [1.82, 2.24) is 4.98 Å². The molecule has 16 heavy (non-hydrogen) atoms. The third-order valence-electron chi connectivity index (χ3n) is 2.59. The largest absolute Gasteiger partial charge is 0.393 e. The van der Waals surface area contributed by atoms with Crippen LogP contribution in [0.5, 0.6) is 0 Å². The third kappa shape index (κ3) is 4.75. The van der Waals surface area contributed by atoms with Gasteiger partial charge in [-0.1, -0.05) is 33.8 Å². The van der Waals surface area contributed by atoms with Crippen LogP contribution in [0.4, 0.5) is 0 Å². The Morgan fingerprint density at radius 1 is 1.31 bits per heavy atom. The number of aliphatic hydroxyl groups is 1. The molecule has 0 bridgehead atoms. The molecule has 2 nitrogen and oxygen atoms in total. The van der Waals surface area contributed by atoms with E-state index in [1.54, 1.807) is 0 Å². The summed E-state index contributed by atoms with van der Waals surface area (Å²) in [4.78, 5) is 4.36. The molecule has 0 amide bonds. The van der Waals surface area contributed by atoms with Crippen molar-refractivity contribution >= 4 is 0 Å². The topological polar surface area (TPSA) is 33.1 Å². The van der Waals surface area contributed by atoms with Gasteiger partial charge in [-0.15, -0.1) is 0 Å². The maximum atomic E-state index is 9.92. The molecule has 0 fully saturated rings. The number of rotatable bonds is 4. The summed E-state index contributed by atoms with van der Waals surface area (Å²) >= 11 is 0. The summed E-state index contributed by atoms with van der Waals surface area (Å²) in [5.74, 6) is 0. The highest BCUT2D eigenvalue weighted by Crippen LogP contribution is 2.22. The first-order valence-electron chi connectivity index (χ1n) is 6.02. The smallest absolute Gasteiger partial charge is 0.0600 e. The van der Waals surface area contributed by atoms with Gasteiger partial charge in [0.25, 0.3) is 0 Å². The summed E-state index contributed by atoms with van der Waals surface area (Å²) in [6.07, 6.45) is 4.09. The molecule has 1 unspecified atom stereocenters. The minimum atomic E-state index is -0.292. The van der Waals surface area contributed by atoms with Gasteiger partial charge in [0.15, 0.2) is 0 Å². The van der Waals surface area contributed by atoms with Gasteiger partial charge in [-0.25, -0.2) is 0 Å². The maximum Gasteiger partial charge on any atom is 0.0600 e. The van der Waals surface area contributed by atoms with Crippen molar-refractivity contribution in [3.05, 3.63) is 29.6 Å². The van der Waals surface area contributed by atoms with Crippen molar-refractivity contribution in [2.75, 3.05) is 0 Å². The highest BCUT2D eigenvalue weighted by molar-refractivity contribution is 5.14. The maximum absolute atomic E-state index is 9.92. The molecule has 0 saturated heterocycles. The number of nitrogens with zero attached hydrogens (tertiary/aromatic N) is 1. The minimum Gasteiger partial charge on any atom is -0.393 e. The number of hydrogen-bond acceptors (Lipinski definition) is 2. The number of aromatic nitrogens is 1. The van der Waals surface area contributed by atoms with E-state index in [0.29, 0.717) is 6.42 Å². The molecule has 1 atom stereocenters. The Labute approximate surface area is 98.7 Å². The zero-order valence-electron chi connectivity index (χ0n) is 10.8. The molecule has 1 aromatic rings. The second kappa shape index (κ2) is 5.44. The first-order chi connectivity index (χ1) is 7.40. The second-order valence-electron chi connectivity index (χ2n) is 5.63. The lowest BCUT2D eigenvalue weighted by atomic mass is 9.88. The van der Waals surface area contributed by atoms with E-state index in [4.69, 9.17) is 0 Å². The van der Waals surface area contributed by atoms with Crippen LogP contribution in [0, 0.1) is 5.41 Å². The summed E-state index contributed by atoms with van der Waals surface area (Å²) in [5.41, 5.74) is 2.39. The van der Waals surface area contributed by atoms with Crippen molar-refractivity contribution in [2.45, 2.75) is 53.1 Å². The van der Waals surface area contributed by atoms with Crippen LogP contribution in [-0.4, -0.2) is 16.2 Å². The molecule has 0 aliphatic rings. The Balaban J connectivity index is 2.53. The molecule has 1 rings (SSSR count). The molecule has 0 aromatic carbocycles. The van der Waals surface area contributed by atoms with Gasteiger partial charge in [-0.2, -0.15) is 0 Å². The highest BCUT2D eigenvalue weighted by atomic mass is 16.3. The van der Waals surface area contributed by atoms with Crippen LogP contribution in [0.15, 0.2) is 18.3 Å². The van der Waals surface area contributed by atoms with E-state index in [-0.39, 0.29) is 11.5 Å². The van der Waals surface area contributed by atoms with E-state index >= 15 is 0 Å². The SMILES string of the molecule is CCc1ccc(CC(O)CC(C)(C)C)nc1. The van der Waals surface area contributed by atoms with Gasteiger partial charge in [0.2, 0.25) is 0 Å². The normalized spacial score (nSPS) is 13.8. The summed E-state index contributed by atoms with van der Waals surface area (Å²) in [7, 11) is 0. The molecule has 1 N–H and O–H groups in total. The van der Waals surface area contributed by atoms with Crippen molar-refractivity contribution in [3.63, 3.8) is 0 Å². The lowest BCUT2D eigenvalue weighted by molar-refractivity contribution is 0.120. The predicted molar refractivity (Wildman–Crippen MR) is 67.4 cm³/mol. The van der Waals surface area contributed by atoms with E-state index in [1.165, 1.54) is 5.56 Å². The molecule has 1 heterocycles. The quantitative estimate of drug-likeness (QED) is 0.848. The Morgan fingerprint density at radius 2 is 2.00 bits per heavy atom. The molecule has 0 spiro atoms. The number of pyridine rings is 1. The molecule has 1 aromatic heterocycles. The Morgan fingerprint density at radius 3 is 2.44 bits per heavy atom. The fourth-order valence-electron chi connectivity index (χ4n) is 1.81. The van der Waals surface area contributed by atoms with Crippen LogP contribution >= 0.6 is 0 Å². The molecule has 90 valence electrons. The van der Waals surface area contributed by atoms with E-state index in [2.05, 4.69) is 38.7 Å². The van der Waals surface area contributed by atoms with Gasteiger partial charge >= 0.3 is 0 Å². The van der Waals surface area contributed by atoms with Crippen LogP contribution < -0.4 is 0 Å². The van der Waals surface area contributed by atoms with Gasteiger partial charge in [-0.3, -0.25) is 4.98 Å². The van der Waals surface area contributed by atoms with Crippen molar-refractivity contribution in [3.8, 4) is 0 Å². The minimum absolute atomic E-state index is 0.169. The Hall–Kier alpha value is -0.890. The fourth-order valence-corrected chi connectivity index (χ4v) is 1.81. The lowest BCUT2D eigenvalue weighted by Gasteiger charge is -2.22. The van der Waals surface area contributed by atoms with Crippen LogP contribution in [0.1, 0.15) is 45.4 Å². The summed E-state index contributed by atoms with van der Waals surface area (Å²) < 4.78 is 0. The fraction of sp³-hybridized carbons (Fsp3) is 0.643. The van der Waals surface area contributed by atoms with E-state index in [9.17, 15) is 5.11 Å². The molecule has 2 heteroatoms. The molecule has 0 radical (unpaired) electrons. The molecule has 0 aliphatic heterocycles. The number of hydrogen-bond donors (Lipinski definition) is 1. The molecular weight excluding hydrogens is 198 g/mol. The lowest BCUT2D eigenvalue weighted by Crippen LogP contribution is -2.20. The van der Waals surface area contributed by atoms with Crippen molar-refractivity contribution in [2.24, 2.45) is 5.41 Å². The number of aryl methyl sites for hydroxylation is 1. The summed E-state index contributed by atoms with van der Waals surface area (Å²) in [6, 6.07) is 4.11. The monoisotopic (exact) mass is 221 g/mol. The second-order valence-corrected chi connectivity index (χ2v) is 5.63. The van der Waals surface area contributed by atoms with Gasteiger partial charge in [0.1, 0.15) is 0 Å². The van der Waals surface area contributed by atoms with Crippen molar-refractivity contribution in [1.29, 1.82) is 0 Å². The van der Waals surface area contributed by atoms with Crippen LogP contribution in [0.3, 0.4) is 0 Å². The van der Waals surface area contributed by atoms with E-state index < -0.39 is 0 Å². The average Bonchev–Trinajstić information content (AvgIpc) is 2.16. The Kier molecular flexibility index (Phi) is 4.48. The summed E-state index contributed by atoms with van der Waals surface area (Å²) in [5, 5.41) is 9.92. The molecular formula is C14H23NO. The molecule has 0 aliphatic carbocycles. The van der Waals surface area contributed by atoms with Gasteiger partial charge in [0.05, 0.1) is 6.10 Å². The third-order valence-corrected chi connectivity index (χ3v) is 2.59. The average molecular weight is 221 g/mol. The number of aliphatic hydroxyl groups excluding tert-OH is 1. The highest BCUT2D eigenvalue weighted by Gasteiger charge is 2.17. The first kappa shape index (κ1) is 13.2. The Bertz CT molecular complexity index is 311. The summed E-state index contributed by atoms with van der Waals surface area (Å²) in [6.45, 7) is 8.54. The zero-order chi connectivity index (χ0) is 12.2. The van der Waals surface area contributed by atoms with E-state index in [1.807, 2.05) is 12.3 Å². The van der Waals surface area contributed by atoms with Gasteiger partial charge < -0.3 is 5.11 Å². The van der Waals surface area contributed by atoms with Crippen molar-refractivity contribution < 1.29 is 5.11 Å². The first-order valence-corrected chi connectivity index (χ1v) is 6.02. The van der Waals surface area contributed by atoms with Crippen LogP contribution in [0.2, 0.25) is 0 Å². The molecule has 0 saturated carbocycles. The van der Waals surface area contributed by atoms with E-state index in [0.717, 1.165) is 18.5 Å².